The Morgan fingerprint density at radius 3 is 1.28 bits per heavy atom. The molecule has 0 aromatic heterocycles. The molecule has 10 nitrogen and oxygen atoms in total. The van der Waals surface area contributed by atoms with Gasteiger partial charge in [0.1, 0.15) is 6.10 Å². The molecule has 1 N–H and O–H groups in total. The summed E-state index contributed by atoms with van der Waals surface area (Å²) in [5.74, 6) is -0.824. The molecule has 375 valence electrons. The molecule has 4 aromatic carbocycles. The van der Waals surface area contributed by atoms with E-state index in [0.29, 0.717) is 115 Å². The quantitative estimate of drug-likeness (QED) is 0.0972. The average molecular weight is 1100 g/mol. The number of carbonyl (C=O) groups excluding carboxylic acids is 5. The molecule has 72 heavy (non-hydrogen) atoms. The van der Waals surface area contributed by atoms with Gasteiger partial charge in [-0.25, -0.2) is 0 Å². The van der Waals surface area contributed by atoms with Crippen LogP contribution < -0.4 is 29.6 Å². The number of aliphatic hydroxyl groups excluding tert-OH is 1. The van der Waals surface area contributed by atoms with Crippen LogP contribution in [-0.4, -0.2) is 121 Å². The summed E-state index contributed by atoms with van der Waals surface area (Å²) in [7, 11) is 0. The van der Waals surface area contributed by atoms with E-state index >= 15 is 0 Å². The van der Waals surface area contributed by atoms with E-state index in [2.05, 4.69) is 0 Å². The second kappa shape index (κ2) is 28.5. The van der Waals surface area contributed by atoms with Crippen molar-refractivity contribution in [1.82, 2.24) is 19.6 Å². The van der Waals surface area contributed by atoms with Crippen molar-refractivity contribution in [3.8, 4) is 0 Å². The van der Waals surface area contributed by atoms with Crippen molar-refractivity contribution in [2.75, 3.05) is 52.4 Å². The summed E-state index contributed by atoms with van der Waals surface area (Å²) in [5, 5.41) is 14.0. The molecule has 4 aliphatic heterocycles. The summed E-state index contributed by atoms with van der Waals surface area (Å²) in [5.41, 5.74) is 4.04. The van der Waals surface area contributed by atoms with E-state index in [0.717, 1.165) is 41.8 Å². The number of amides is 4. The molecule has 4 amide bonds. The molecule has 4 saturated heterocycles. The molecule has 0 aliphatic carbocycles. The van der Waals surface area contributed by atoms with Crippen molar-refractivity contribution in [2.24, 2.45) is 11.8 Å². The number of carbonyl (C=O) groups is 5. The Morgan fingerprint density at radius 2 is 0.875 bits per heavy atom. The fourth-order valence-electron chi connectivity index (χ4n) is 9.61. The monoisotopic (exact) mass is 1100 g/mol. The van der Waals surface area contributed by atoms with Gasteiger partial charge >= 0.3 is 29.6 Å². The molecule has 3 radical (unpaired) electrons. The number of hydrogen-bond acceptors (Lipinski definition) is 6. The van der Waals surface area contributed by atoms with Gasteiger partial charge in [-0.3, -0.25) is 24.0 Å². The average Bonchev–Trinajstić information content (AvgIpc) is 3.39. The van der Waals surface area contributed by atoms with Crippen LogP contribution in [0.3, 0.4) is 0 Å². The Morgan fingerprint density at radius 1 is 0.500 bits per heavy atom. The molecule has 4 fully saturated rings. The Kier molecular flexibility index (Phi) is 23.6. The summed E-state index contributed by atoms with van der Waals surface area (Å²) in [6, 6.07) is 26.1. The van der Waals surface area contributed by atoms with Crippen molar-refractivity contribution in [2.45, 2.75) is 69.3 Å². The van der Waals surface area contributed by atoms with Gasteiger partial charge < -0.3 is 26.1 Å². The molecule has 1 atom stereocenters. The van der Waals surface area contributed by atoms with Crippen LogP contribution >= 0.6 is 69.6 Å². The van der Waals surface area contributed by atoms with Gasteiger partial charge in [-0.15, -0.1) is 0 Å². The summed E-state index contributed by atoms with van der Waals surface area (Å²) in [6.45, 7) is 4.36. The third kappa shape index (κ3) is 16.3. The fraction of sp³-hybridized carbons (Fsp3) is 0.389. The van der Waals surface area contributed by atoms with Crippen LogP contribution in [0.25, 0.3) is 12.2 Å². The Balaban J connectivity index is 0.000000304. The fourth-order valence-corrected chi connectivity index (χ4v) is 10.5. The predicted octanol–water partition coefficient (Wildman–Crippen LogP) is 8.28. The minimum atomic E-state index is -1.02. The molecule has 4 aliphatic rings. The Labute approximate surface area is 478 Å². The smallest absolute Gasteiger partial charge is 1.00 e. The number of nitrogens with zero attached hydrogens (tertiary/aromatic N) is 4. The number of hydrogen-bond donors (Lipinski definition) is 1. The van der Waals surface area contributed by atoms with Gasteiger partial charge in [-0.05, 0) is 152 Å². The van der Waals surface area contributed by atoms with Crippen LogP contribution in [0.5, 0.6) is 0 Å². The van der Waals surface area contributed by atoms with Crippen molar-refractivity contribution in [1.29, 1.82) is 0 Å². The largest absolute Gasteiger partial charge is 1.00 e. The zero-order valence-corrected chi connectivity index (χ0v) is 46.8. The molecular weight excluding hydrogens is 1050 g/mol. The first-order chi connectivity index (χ1) is 33.6. The van der Waals surface area contributed by atoms with Gasteiger partial charge in [0, 0.05) is 88.9 Å². The molecule has 0 spiro atoms. The Hall–Kier alpha value is -3.33. The number of halogens is 6. The first kappa shape index (κ1) is 59.6. The first-order valence-corrected chi connectivity index (χ1v) is 26.0. The second-order valence-corrected chi connectivity index (χ2v) is 20.9. The van der Waals surface area contributed by atoms with Crippen LogP contribution in [-0.2, 0) is 24.0 Å². The van der Waals surface area contributed by atoms with Crippen molar-refractivity contribution in [3.63, 3.8) is 0 Å². The minimum absolute atomic E-state index is 0. The van der Waals surface area contributed by atoms with Crippen molar-refractivity contribution in [3.05, 3.63) is 149 Å². The number of Topliss-reactive ketones (excluding diaryl/α,β-unsaturated/α-hetero) is 1. The number of benzene rings is 4. The zero-order valence-electron chi connectivity index (χ0n) is 41.2. The predicted molar refractivity (Wildman–Crippen MR) is 287 cm³/mol. The maximum absolute atomic E-state index is 13.0. The van der Waals surface area contributed by atoms with Crippen LogP contribution in [0, 0.1) is 11.8 Å². The number of piperidine rings is 4. The zero-order chi connectivity index (χ0) is 49.9. The number of aliphatic hydroxyl groups is 1. The van der Waals surface area contributed by atoms with Crippen LogP contribution in [0.1, 0.15) is 86.9 Å². The SMILES string of the molecule is O=C(/C=C/c1ccc(Cl)c(Cl)c1)N1CCC(C(O)C(=O)N2CCC(c3ccc(Cl)cc3)CC2)CC1.O=C(C(=O)N1CCC(c2ccc(Cl)cc2)CC1)C1CCN(C(=O)/C=C/c2ccc(Cl)c(Cl)c2)CC1.[B].[H-].[Na+]. The number of likely N-dealkylation sites (tertiary alicyclic amines) is 4. The van der Waals surface area contributed by atoms with E-state index in [4.69, 9.17) is 69.6 Å². The molecule has 0 saturated carbocycles. The maximum atomic E-state index is 13.0. The molecule has 4 heterocycles. The van der Waals surface area contributed by atoms with Crippen LogP contribution in [0.2, 0.25) is 30.1 Å². The van der Waals surface area contributed by atoms with E-state index in [1.54, 1.807) is 68.1 Å². The summed E-state index contributed by atoms with van der Waals surface area (Å²) < 4.78 is 0. The van der Waals surface area contributed by atoms with E-state index in [-0.39, 0.29) is 80.6 Å². The van der Waals surface area contributed by atoms with E-state index in [1.807, 2.05) is 48.5 Å². The first-order valence-electron chi connectivity index (χ1n) is 23.8. The van der Waals surface area contributed by atoms with Gasteiger partial charge in [-0.2, -0.15) is 0 Å². The van der Waals surface area contributed by atoms with E-state index < -0.39 is 6.10 Å². The summed E-state index contributed by atoms with van der Waals surface area (Å²) in [4.78, 5) is 70.8. The molecular formula is C54H57BCl6N4NaO6. The second-order valence-electron chi connectivity index (χ2n) is 18.4. The molecule has 18 heteroatoms. The van der Waals surface area contributed by atoms with E-state index in [1.165, 1.54) is 23.3 Å². The summed E-state index contributed by atoms with van der Waals surface area (Å²) >= 11 is 35.9. The molecule has 8 rings (SSSR count). The maximum Gasteiger partial charge on any atom is 1.00 e. The minimum Gasteiger partial charge on any atom is -1.00 e. The third-order valence-corrected chi connectivity index (χ3v) is 15.9. The van der Waals surface area contributed by atoms with Crippen LogP contribution in [0.4, 0.5) is 0 Å². The van der Waals surface area contributed by atoms with Gasteiger partial charge in [0.25, 0.3) is 11.8 Å². The Bertz CT molecular complexity index is 2570. The molecule has 1 unspecified atom stereocenters. The molecule has 4 aromatic rings. The van der Waals surface area contributed by atoms with Gasteiger partial charge in [0.2, 0.25) is 17.6 Å². The topological polar surface area (TPSA) is 119 Å². The van der Waals surface area contributed by atoms with Gasteiger partial charge in [0.05, 0.1) is 20.1 Å². The van der Waals surface area contributed by atoms with Gasteiger partial charge in [0.15, 0.2) is 0 Å². The molecule has 0 bridgehead atoms. The van der Waals surface area contributed by atoms with Crippen molar-refractivity contribution >= 4 is 120 Å². The van der Waals surface area contributed by atoms with Gasteiger partial charge in [-0.1, -0.05) is 106 Å². The third-order valence-electron chi connectivity index (χ3n) is 13.9. The van der Waals surface area contributed by atoms with Crippen LogP contribution in [0.15, 0.2) is 97.1 Å². The standard InChI is InChI=1S/C27H29Cl3N2O3.C27H27Cl3N2O3.B.Na.H/c2*28-22-5-3-19(4-6-22)20-9-15-32(16-10-20)27(35)26(34)21-11-13-31(14-12-21)25(33)8-2-18-1-7-23(29)24(30)17-18;;;/h1-8,17,20-21,26,34H,9-16H2;1-8,17,20-21H,9-16H2;;;/q;;;+1;-1/b2*8-2+;;;. The number of rotatable bonds is 10. The number of ketones is 1. The summed E-state index contributed by atoms with van der Waals surface area (Å²) in [6.07, 6.45) is 11.0. The van der Waals surface area contributed by atoms with Crippen molar-refractivity contribution < 1.29 is 60.1 Å². The normalized spacial score (nSPS) is 17.7. The van der Waals surface area contributed by atoms with E-state index in [9.17, 15) is 29.1 Å².